The normalized spacial score (nSPS) is 14.4. The number of rotatable bonds is 9. The number of nitrogens with zero attached hydrogens (tertiary/aromatic N) is 3. The number of nitro groups is 1. The van der Waals surface area contributed by atoms with E-state index in [9.17, 15) is 19.7 Å². The first-order valence-corrected chi connectivity index (χ1v) is 16.4. The van der Waals surface area contributed by atoms with E-state index < -0.39 is 22.5 Å². The van der Waals surface area contributed by atoms with Crippen LogP contribution >= 0.6 is 46.1 Å². The largest absolute Gasteiger partial charge is 0.489 e. The summed E-state index contributed by atoms with van der Waals surface area (Å²) in [5.74, 6) is 0.394. The Kier molecular flexibility index (Phi) is 9.56. The molecular weight excluding hydrogens is 701 g/mol. The first-order valence-electron chi connectivity index (χ1n) is 14.4. The minimum atomic E-state index is -1.02. The topological polar surface area (TPSA) is 126 Å². The molecule has 5 aromatic rings. The summed E-state index contributed by atoms with van der Waals surface area (Å²) in [5, 5.41) is 12.7. The van der Waals surface area contributed by atoms with Crippen molar-refractivity contribution in [1.82, 2.24) is 4.57 Å². The number of non-ortho nitro benzene ring substituents is 1. The molecule has 244 valence electrons. The summed E-state index contributed by atoms with van der Waals surface area (Å²) >= 11 is 19.8. The number of aromatic nitrogens is 1. The third-order valence-electron chi connectivity index (χ3n) is 7.43. The van der Waals surface area contributed by atoms with Crippen LogP contribution in [0.25, 0.3) is 17.4 Å². The highest BCUT2D eigenvalue weighted by molar-refractivity contribution is 7.07. The van der Waals surface area contributed by atoms with Crippen LogP contribution in [0.1, 0.15) is 36.8 Å². The Balaban J connectivity index is 1.36. The van der Waals surface area contributed by atoms with Crippen LogP contribution in [0.15, 0.2) is 98.3 Å². The number of ether oxygens (including phenoxy) is 2. The fraction of sp³-hybridized carbons (Fsp3) is 0.147. The molecule has 3 aromatic carbocycles. The smallest absolute Gasteiger partial charge is 0.338 e. The summed E-state index contributed by atoms with van der Waals surface area (Å²) in [6.45, 7) is 3.69. The lowest BCUT2D eigenvalue weighted by Gasteiger charge is -2.22. The molecular formula is C34H24Cl3N3O7S. The van der Waals surface area contributed by atoms with Crippen LogP contribution in [0.4, 0.5) is 5.69 Å². The van der Waals surface area contributed by atoms with E-state index in [1.807, 2.05) is 12.1 Å². The van der Waals surface area contributed by atoms with Crippen molar-refractivity contribution in [3.8, 4) is 17.1 Å². The second-order valence-corrected chi connectivity index (χ2v) is 12.8. The number of thiazole rings is 1. The molecule has 0 unspecified atom stereocenters. The van der Waals surface area contributed by atoms with Crippen molar-refractivity contribution < 1.29 is 23.6 Å². The average Bonchev–Trinajstić information content (AvgIpc) is 3.65. The Morgan fingerprint density at radius 2 is 1.83 bits per heavy atom. The van der Waals surface area contributed by atoms with E-state index in [2.05, 4.69) is 4.99 Å². The second kappa shape index (κ2) is 13.8. The van der Waals surface area contributed by atoms with Gasteiger partial charge in [-0.15, -0.1) is 0 Å². The third kappa shape index (κ3) is 6.67. The molecule has 0 bridgehead atoms. The number of allylic oxidation sites excluding steroid dienone is 1. The number of halogens is 3. The molecule has 3 heterocycles. The molecule has 0 aliphatic carbocycles. The molecule has 14 heteroatoms. The number of hydrogen-bond acceptors (Lipinski definition) is 9. The second-order valence-electron chi connectivity index (χ2n) is 10.5. The lowest BCUT2D eigenvalue weighted by molar-refractivity contribution is -0.384. The monoisotopic (exact) mass is 723 g/mol. The van der Waals surface area contributed by atoms with Gasteiger partial charge >= 0.3 is 5.97 Å². The van der Waals surface area contributed by atoms with Crippen LogP contribution in [-0.4, -0.2) is 22.1 Å². The molecule has 0 fully saturated rings. The van der Waals surface area contributed by atoms with Crippen molar-refractivity contribution in [2.45, 2.75) is 26.5 Å². The highest BCUT2D eigenvalue weighted by Gasteiger charge is 2.35. The van der Waals surface area contributed by atoms with Gasteiger partial charge in [0.2, 0.25) is 0 Å². The van der Waals surface area contributed by atoms with Crippen LogP contribution in [0.3, 0.4) is 0 Å². The molecule has 1 atom stereocenters. The lowest BCUT2D eigenvalue weighted by Crippen LogP contribution is -2.39. The van der Waals surface area contributed by atoms with Gasteiger partial charge in [-0.2, -0.15) is 0 Å². The zero-order chi connectivity index (χ0) is 34.1. The molecule has 1 aliphatic rings. The van der Waals surface area contributed by atoms with Crippen LogP contribution in [0.2, 0.25) is 15.1 Å². The fourth-order valence-corrected chi connectivity index (χ4v) is 6.85. The minimum absolute atomic E-state index is 0.103. The molecule has 1 aliphatic heterocycles. The van der Waals surface area contributed by atoms with Gasteiger partial charge in [0.05, 0.1) is 32.4 Å². The van der Waals surface area contributed by atoms with Crippen molar-refractivity contribution in [2.75, 3.05) is 6.61 Å². The molecule has 0 N–H and O–H groups in total. The number of benzene rings is 3. The first-order chi connectivity index (χ1) is 23.0. The predicted molar refractivity (Wildman–Crippen MR) is 183 cm³/mol. The van der Waals surface area contributed by atoms with Gasteiger partial charge in [-0.05, 0) is 68.0 Å². The van der Waals surface area contributed by atoms with E-state index in [1.165, 1.54) is 22.8 Å². The van der Waals surface area contributed by atoms with Crippen molar-refractivity contribution in [3.63, 3.8) is 0 Å². The van der Waals surface area contributed by atoms with E-state index in [4.69, 9.17) is 48.7 Å². The number of hydrogen-bond donors (Lipinski definition) is 0. The first kappa shape index (κ1) is 33.2. The number of carbonyl (C=O) groups is 1. The van der Waals surface area contributed by atoms with Crippen molar-refractivity contribution >= 4 is 63.9 Å². The summed E-state index contributed by atoms with van der Waals surface area (Å²) in [6, 6.07) is 18.5. The van der Waals surface area contributed by atoms with Gasteiger partial charge in [-0.25, -0.2) is 9.79 Å². The van der Waals surface area contributed by atoms with E-state index in [1.54, 1.807) is 62.4 Å². The summed E-state index contributed by atoms with van der Waals surface area (Å²) in [4.78, 5) is 43.0. The number of nitro benzene ring substituents is 1. The summed E-state index contributed by atoms with van der Waals surface area (Å²) < 4.78 is 19.1. The number of fused-ring (bicyclic) bond motifs is 1. The van der Waals surface area contributed by atoms with E-state index in [0.717, 1.165) is 22.5 Å². The summed E-state index contributed by atoms with van der Waals surface area (Å²) in [7, 11) is 0. The van der Waals surface area contributed by atoms with Crippen LogP contribution < -0.4 is 19.6 Å². The molecule has 6 rings (SSSR count). The van der Waals surface area contributed by atoms with Gasteiger partial charge in [-0.3, -0.25) is 19.5 Å². The Labute approximate surface area is 291 Å². The molecule has 0 saturated heterocycles. The van der Waals surface area contributed by atoms with Gasteiger partial charge in [0.25, 0.3) is 11.2 Å². The Morgan fingerprint density at radius 1 is 1.06 bits per heavy atom. The Bertz CT molecular complexity index is 2290. The quantitative estimate of drug-likeness (QED) is 0.0875. The SMILES string of the molecule is CCOC(=O)C1=C(C)N=c2s/c(=C\c3ccc(OCc4ccc(Cl)cc4Cl)cc3)c(=O)n2[C@@H]1c1ccc(-c2cc([N+](=O)[O-])ccc2Cl)o1. The Morgan fingerprint density at radius 3 is 2.54 bits per heavy atom. The maximum Gasteiger partial charge on any atom is 0.338 e. The van der Waals surface area contributed by atoms with Gasteiger partial charge < -0.3 is 13.9 Å². The number of furan rings is 1. The van der Waals surface area contributed by atoms with Crippen molar-refractivity contribution in [2.24, 2.45) is 4.99 Å². The summed E-state index contributed by atoms with van der Waals surface area (Å²) in [5.41, 5.74) is 1.72. The number of carbonyl (C=O) groups excluding carboxylic acids is 1. The number of esters is 1. The van der Waals surface area contributed by atoms with Gasteiger partial charge in [0, 0.05) is 33.3 Å². The molecule has 0 amide bonds. The highest BCUT2D eigenvalue weighted by Crippen LogP contribution is 2.37. The highest BCUT2D eigenvalue weighted by atomic mass is 35.5. The van der Waals surface area contributed by atoms with E-state index in [0.29, 0.717) is 30.8 Å². The van der Waals surface area contributed by atoms with Gasteiger partial charge in [0.1, 0.15) is 29.9 Å². The maximum absolute atomic E-state index is 14.0. The molecule has 0 spiro atoms. The summed E-state index contributed by atoms with van der Waals surface area (Å²) in [6.07, 6.45) is 1.72. The van der Waals surface area contributed by atoms with Crippen LogP contribution in [0.5, 0.6) is 5.75 Å². The molecule has 10 nitrogen and oxygen atoms in total. The minimum Gasteiger partial charge on any atom is -0.489 e. The van der Waals surface area contributed by atoms with Crippen LogP contribution in [-0.2, 0) is 16.1 Å². The molecule has 48 heavy (non-hydrogen) atoms. The van der Waals surface area contributed by atoms with Crippen molar-refractivity contribution in [3.05, 3.63) is 146 Å². The average molecular weight is 725 g/mol. The zero-order valence-electron chi connectivity index (χ0n) is 25.2. The van der Waals surface area contributed by atoms with Crippen LogP contribution in [0, 0.1) is 10.1 Å². The zero-order valence-corrected chi connectivity index (χ0v) is 28.3. The fourth-order valence-electron chi connectivity index (χ4n) is 5.13. The maximum atomic E-state index is 14.0. The third-order valence-corrected chi connectivity index (χ3v) is 9.33. The van der Waals surface area contributed by atoms with E-state index in [-0.39, 0.29) is 46.6 Å². The van der Waals surface area contributed by atoms with Gasteiger partial charge in [0.15, 0.2) is 4.80 Å². The Hall–Kier alpha value is -4.68. The van der Waals surface area contributed by atoms with Crippen molar-refractivity contribution in [1.29, 1.82) is 0 Å². The predicted octanol–water partition coefficient (Wildman–Crippen LogP) is 7.51. The van der Waals surface area contributed by atoms with E-state index >= 15 is 0 Å². The molecule has 2 aromatic heterocycles. The molecule has 0 saturated carbocycles. The lowest BCUT2D eigenvalue weighted by atomic mass is 10.0. The van der Waals surface area contributed by atoms with Gasteiger partial charge in [-0.1, -0.05) is 64.3 Å². The standard InChI is InChI=1S/C34H24Cl3N3O7S/c1-3-45-33(42)30-18(2)38-34-39(31(30)28-13-12-27(47-28)24-16-22(40(43)44)8-11-25(24)36)32(41)29(48-34)14-19-4-9-23(10-5-19)46-17-20-6-7-21(35)15-26(20)37/h4-16,31H,3,17H2,1-2H3/b29-14-/t31-/m1/s1. The molecule has 0 radical (unpaired) electrons.